The highest BCUT2D eigenvalue weighted by Gasteiger charge is 2.52. The Balaban J connectivity index is 2.07. The van der Waals surface area contributed by atoms with Crippen LogP contribution in [0.25, 0.3) is 0 Å². The van der Waals surface area contributed by atoms with Gasteiger partial charge < -0.3 is 14.4 Å². The van der Waals surface area contributed by atoms with Gasteiger partial charge in [-0.2, -0.15) is 0 Å². The van der Waals surface area contributed by atoms with Crippen LogP contribution in [-0.2, 0) is 20.7 Å². The van der Waals surface area contributed by atoms with E-state index in [0.717, 1.165) is 57.0 Å². The number of carbonyl (C=O) groups excluding carboxylic acids is 2. The highest BCUT2D eigenvalue weighted by atomic mass is 16.5. The molecule has 0 aromatic heterocycles. The lowest BCUT2D eigenvalue weighted by atomic mass is 9.73. The molecule has 1 unspecified atom stereocenters. The summed E-state index contributed by atoms with van der Waals surface area (Å²) in [5.74, 6) is -0.336. The SMILES string of the molecule is CCOC(=O)C(C=O)(C1CCCCC1)N1CCCc2ccccc21. The van der Waals surface area contributed by atoms with Crippen molar-refractivity contribution in [2.75, 3.05) is 18.1 Å². The highest BCUT2D eigenvalue weighted by molar-refractivity contribution is 6.03. The van der Waals surface area contributed by atoms with Crippen molar-refractivity contribution >= 4 is 17.9 Å². The van der Waals surface area contributed by atoms with Crippen molar-refractivity contribution in [2.45, 2.75) is 57.4 Å². The summed E-state index contributed by atoms with van der Waals surface area (Å²) in [7, 11) is 0. The van der Waals surface area contributed by atoms with Crippen molar-refractivity contribution in [3.63, 3.8) is 0 Å². The summed E-state index contributed by atoms with van der Waals surface area (Å²) in [4.78, 5) is 27.5. The lowest BCUT2D eigenvalue weighted by Crippen LogP contribution is -2.63. The molecule has 0 N–H and O–H groups in total. The van der Waals surface area contributed by atoms with Gasteiger partial charge >= 0.3 is 5.97 Å². The normalized spacial score (nSPS) is 20.8. The first kappa shape index (κ1) is 17.0. The minimum Gasteiger partial charge on any atom is -0.464 e. The van der Waals surface area contributed by atoms with Crippen molar-refractivity contribution in [1.29, 1.82) is 0 Å². The van der Waals surface area contributed by atoms with E-state index < -0.39 is 5.54 Å². The zero-order valence-corrected chi connectivity index (χ0v) is 14.5. The van der Waals surface area contributed by atoms with E-state index in [1.54, 1.807) is 6.92 Å². The average Bonchev–Trinajstić information content (AvgIpc) is 2.64. The van der Waals surface area contributed by atoms with Crippen LogP contribution in [0.15, 0.2) is 24.3 Å². The number of anilines is 1. The van der Waals surface area contributed by atoms with Gasteiger partial charge in [-0.3, -0.25) is 0 Å². The monoisotopic (exact) mass is 329 g/mol. The zero-order chi connectivity index (χ0) is 17.0. The number of nitrogens with zero attached hydrogens (tertiary/aromatic N) is 1. The number of aryl methyl sites for hydroxylation is 1. The van der Waals surface area contributed by atoms with Crippen molar-refractivity contribution in [3.8, 4) is 0 Å². The molecule has 1 fully saturated rings. The first-order valence-corrected chi connectivity index (χ1v) is 9.23. The molecule has 0 radical (unpaired) electrons. The number of fused-ring (bicyclic) bond motifs is 1. The fourth-order valence-corrected chi connectivity index (χ4v) is 4.41. The van der Waals surface area contributed by atoms with Crippen LogP contribution in [0, 0.1) is 5.92 Å². The number of hydrogen-bond acceptors (Lipinski definition) is 4. The molecule has 2 aliphatic rings. The molecule has 24 heavy (non-hydrogen) atoms. The third-order valence-corrected chi connectivity index (χ3v) is 5.57. The standard InChI is InChI=1S/C20H27NO3/c1-2-24-19(23)20(15-22,17-11-4-3-5-12-17)21-14-8-10-16-9-6-7-13-18(16)21/h6-7,9,13,15,17H,2-5,8,10-12,14H2,1H3. The molecule has 1 aromatic carbocycles. The Morgan fingerprint density at radius 2 is 2.00 bits per heavy atom. The van der Waals surface area contributed by atoms with Gasteiger partial charge in [-0.15, -0.1) is 0 Å². The molecule has 0 bridgehead atoms. The van der Waals surface area contributed by atoms with Crippen molar-refractivity contribution in [2.24, 2.45) is 5.92 Å². The first-order chi connectivity index (χ1) is 11.7. The molecular formula is C20H27NO3. The van der Waals surface area contributed by atoms with Crippen LogP contribution < -0.4 is 4.90 Å². The maximum Gasteiger partial charge on any atom is 0.339 e. The Labute approximate surface area is 144 Å². The van der Waals surface area contributed by atoms with E-state index in [0.29, 0.717) is 6.61 Å². The van der Waals surface area contributed by atoms with Crippen LogP contribution in [0.3, 0.4) is 0 Å². The molecule has 1 atom stereocenters. The van der Waals surface area contributed by atoms with Crippen LogP contribution >= 0.6 is 0 Å². The van der Waals surface area contributed by atoms with Gasteiger partial charge in [-0.1, -0.05) is 37.5 Å². The molecule has 130 valence electrons. The van der Waals surface area contributed by atoms with E-state index in [1.807, 2.05) is 23.1 Å². The van der Waals surface area contributed by atoms with Gasteiger partial charge in [0, 0.05) is 12.2 Å². The van der Waals surface area contributed by atoms with E-state index >= 15 is 0 Å². The van der Waals surface area contributed by atoms with E-state index in [9.17, 15) is 9.59 Å². The number of esters is 1. The quantitative estimate of drug-likeness (QED) is 0.471. The van der Waals surface area contributed by atoms with Crippen molar-refractivity contribution < 1.29 is 14.3 Å². The summed E-state index contributed by atoms with van der Waals surface area (Å²) in [5, 5.41) is 0. The van der Waals surface area contributed by atoms with Crippen molar-refractivity contribution in [3.05, 3.63) is 29.8 Å². The molecule has 0 spiro atoms. The summed E-state index contributed by atoms with van der Waals surface area (Å²) in [6.45, 7) is 2.83. The van der Waals surface area contributed by atoms with Gasteiger partial charge in [0.2, 0.25) is 0 Å². The Hall–Kier alpha value is -1.84. The second kappa shape index (κ2) is 7.37. The summed E-state index contributed by atoms with van der Waals surface area (Å²) in [6, 6.07) is 8.15. The second-order valence-corrected chi connectivity index (χ2v) is 6.88. The van der Waals surface area contributed by atoms with E-state index in [4.69, 9.17) is 4.74 Å². The number of ether oxygens (including phenoxy) is 1. The van der Waals surface area contributed by atoms with Gasteiger partial charge in [0.05, 0.1) is 6.61 Å². The van der Waals surface area contributed by atoms with Crippen LogP contribution in [0.2, 0.25) is 0 Å². The molecule has 0 saturated heterocycles. The molecule has 0 amide bonds. The lowest BCUT2D eigenvalue weighted by Gasteiger charge is -2.47. The number of hydrogen-bond donors (Lipinski definition) is 0. The van der Waals surface area contributed by atoms with Gasteiger partial charge in [0.1, 0.15) is 0 Å². The van der Waals surface area contributed by atoms with E-state index in [1.165, 1.54) is 12.0 Å². The Kier molecular flexibility index (Phi) is 5.22. The number of para-hydroxylation sites is 1. The molecule has 3 rings (SSSR count). The molecule has 1 aromatic rings. The summed E-state index contributed by atoms with van der Waals surface area (Å²) >= 11 is 0. The molecule has 1 heterocycles. The number of aldehydes is 1. The fraction of sp³-hybridized carbons (Fsp3) is 0.600. The molecule has 1 aliphatic carbocycles. The van der Waals surface area contributed by atoms with Gasteiger partial charge in [0.25, 0.3) is 0 Å². The second-order valence-electron chi connectivity index (χ2n) is 6.88. The molecule has 1 saturated carbocycles. The lowest BCUT2D eigenvalue weighted by molar-refractivity contribution is -0.154. The van der Waals surface area contributed by atoms with Gasteiger partial charge in [-0.05, 0) is 50.2 Å². The fourth-order valence-electron chi connectivity index (χ4n) is 4.41. The van der Waals surface area contributed by atoms with Crippen LogP contribution in [0.1, 0.15) is 51.0 Å². The Morgan fingerprint density at radius 3 is 2.71 bits per heavy atom. The van der Waals surface area contributed by atoms with Crippen LogP contribution in [0.5, 0.6) is 0 Å². The number of rotatable bonds is 5. The highest BCUT2D eigenvalue weighted by Crippen LogP contribution is 2.41. The Bertz CT molecular complexity index is 594. The van der Waals surface area contributed by atoms with E-state index in [2.05, 4.69) is 6.07 Å². The Morgan fingerprint density at radius 1 is 1.25 bits per heavy atom. The topological polar surface area (TPSA) is 46.6 Å². The van der Waals surface area contributed by atoms with Gasteiger partial charge in [-0.25, -0.2) is 4.79 Å². The minimum absolute atomic E-state index is 0.0361. The third kappa shape index (κ3) is 2.83. The maximum atomic E-state index is 13.0. The maximum absolute atomic E-state index is 13.0. The van der Waals surface area contributed by atoms with Gasteiger partial charge in [0.15, 0.2) is 11.8 Å². The first-order valence-electron chi connectivity index (χ1n) is 9.23. The number of carbonyl (C=O) groups is 2. The predicted octanol–water partition coefficient (Wildman–Crippen LogP) is 3.52. The van der Waals surface area contributed by atoms with E-state index in [-0.39, 0.29) is 11.9 Å². The summed E-state index contributed by atoms with van der Waals surface area (Å²) in [6.07, 6.45) is 8.00. The average molecular weight is 329 g/mol. The molecular weight excluding hydrogens is 302 g/mol. The largest absolute Gasteiger partial charge is 0.464 e. The minimum atomic E-state index is -1.17. The summed E-state index contributed by atoms with van der Waals surface area (Å²) in [5.41, 5.74) is 1.07. The predicted molar refractivity (Wildman–Crippen MR) is 94.1 cm³/mol. The molecule has 1 aliphatic heterocycles. The molecule has 4 nitrogen and oxygen atoms in total. The number of benzene rings is 1. The molecule has 4 heteroatoms. The smallest absolute Gasteiger partial charge is 0.339 e. The third-order valence-electron chi connectivity index (χ3n) is 5.57. The summed E-state index contributed by atoms with van der Waals surface area (Å²) < 4.78 is 5.41. The zero-order valence-electron chi connectivity index (χ0n) is 14.5. The van der Waals surface area contributed by atoms with Crippen LogP contribution in [-0.4, -0.2) is 30.9 Å². The van der Waals surface area contributed by atoms with Crippen LogP contribution in [0.4, 0.5) is 5.69 Å². The van der Waals surface area contributed by atoms with Crippen molar-refractivity contribution in [1.82, 2.24) is 0 Å².